The van der Waals surface area contributed by atoms with E-state index in [0.29, 0.717) is 5.39 Å². The van der Waals surface area contributed by atoms with Crippen molar-refractivity contribution in [1.82, 2.24) is 0 Å². The minimum absolute atomic E-state index is 0.346. The molecule has 0 amide bonds. The van der Waals surface area contributed by atoms with E-state index in [9.17, 15) is 17.2 Å². The molecule has 5 heteroatoms. The first-order chi connectivity index (χ1) is 7.51. The highest BCUT2D eigenvalue weighted by atomic mass is 32.2. The molecule has 0 aliphatic rings. The zero-order valence-electron chi connectivity index (χ0n) is 8.10. The minimum atomic E-state index is -4.50. The number of halogens is 2. The number of alkyl halides is 2. The van der Waals surface area contributed by atoms with Crippen LogP contribution in [-0.4, -0.2) is 14.2 Å². The van der Waals surface area contributed by atoms with Gasteiger partial charge in [0.05, 0.1) is 4.90 Å². The number of hydrogen-bond donors (Lipinski definition) is 0. The molecule has 0 aliphatic heterocycles. The van der Waals surface area contributed by atoms with Crippen molar-refractivity contribution < 1.29 is 17.2 Å². The van der Waals surface area contributed by atoms with E-state index in [0.717, 1.165) is 5.39 Å². The standard InChI is InChI=1S/C11H8F2O2S/c12-11(13)16(14,15)10-6-5-8-3-1-2-4-9(8)7-10/h1-7,11H. The zero-order chi connectivity index (χ0) is 11.8. The van der Waals surface area contributed by atoms with Crippen molar-refractivity contribution in [2.45, 2.75) is 10.7 Å². The van der Waals surface area contributed by atoms with Crippen LogP contribution in [0.15, 0.2) is 47.4 Å². The van der Waals surface area contributed by atoms with Crippen molar-refractivity contribution in [2.75, 3.05) is 0 Å². The number of rotatable bonds is 2. The molecule has 0 radical (unpaired) electrons. The maximum Gasteiger partial charge on any atom is 0.341 e. The van der Waals surface area contributed by atoms with Crippen molar-refractivity contribution in [3.63, 3.8) is 0 Å². The Morgan fingerprint density at radius 3 is 2.19 bits per heavy atom. The quantitative estimate of drug-likeness (QED) is 0.811. The third kappa shape index (κ3) is 1.78. The fourth-order valence-electron chi connectivity index (χ4n) is 1.45. The predicted molar refractivity (Wildman–Crippen MR) is 57.1 cm³/mol. The molecule has 0 spiro atoms. The highest BCUT2D eigenvalue weighted by Gasteiger charge is 2.26. The van der Waals surface area contributed by atoms with Gasteiger partial charge in [0.25, 0.3) is 0 Å². The molecule has 16 heavy (non-hydrogen) atoms. The Hall–Kier alpha value is -1.49. The van der Waals surface area contributed by atoms with Crippen molar-refractivity contribution >= 4 is 20.6 Å². The lowest BCUT2D eigenvalue weighted by atomic mass is 10.1. The molecule has 84 valence electrons. The number of sulfone groups is 1. The normalized spacial score (nSPS) is 12.2. The average molecular weight is 242 g/mol. The summed E-state index contributed by atoms with van der Waals surface area (Å²) in [5, 5.41) is 1.44. The molecule has 0 N–H and O–H groups in total. The molecule has 2 aromatic rings. The van der Waals surface area contributed by atoms with Crippen molar-refractivity contribution in [3.05, 3.63) is 42.5 Å². The molecule has 0 bridgehead atoms. The lowest BCUT2D eigenvalue weighted by Gasteiger charge is -2.04. The van der Waals surface area contributed by atoms with Crippen LogP contribution in [0.1, 0.15) is 0 Å². The van der Waals surface area contributed by atoms with E-state index in [4.69, 9.17) is 0 Å². The fourth-order valence-corrected chi connectivity index (χ4v) is 2.20. The average Bonchev–Trinajstić information content (AvgIpc) is 2.28. The molecule has 0 saturated heterocycles. The first-order valence-electron chi connectivity index (χ1n) is 4.52. The van der Waals surface area contributed by atoms with E-state index in [2.05, 4.69) is 0 Å². The van der Waals surface area contributed by atoms with Gasteiger partial charge >= 0.3 is 5.76 Å². The highest BCUT2D eigenvalue weighted by Crippen LogP contribution is 2.22. The summed E-state index contributed by atoms with van der Waals surface area (Å²) in [5.41, 5.74) is 0. The second-order valence-electron chi connectivity index (χ2n) is 3.31. The summed E-state index contributed by atoms with van der Waals surface area (Å²) in [6.07, 6.45) is 0. The molecule has 0 heterocycles. The lowest BCUT2D eigenvalue weighted by molar-refractivity contribution is 0.235. The van der Waals surface area contributed by atoms with E-state index in [-0.39, 0.29) is 4.90 Å². The first kappa shape index (κ1) is 11.0. The Balaban J connectivity index is 2.65. The van der Waals surface area contributed by atoms with Crippen LogP contribution in [0, 0.1) is 0 Å². The summed E-state index contributed by atoms with van der Waals surface area (Å²) in [6, 6.07) is 11.0. The van der Waals surface area contributed by atoms with Gasteiger partial charge in [-0.15, -0.1) is 0 Å². The van der Waals surface area contributed by atoms with Gasteiger partial charge in [0.2, 0.25) is 9.84 Å². The molecule has 0 unspecified atom stereocenters. The fraction of sp³-hybridized carbons (Fsp3) is 0.0909. The van der Waals surface area contributed by atoms with Gasteiger partial charge in [-0.05, 0) is 22.9 Å². The van der Waals surface area contributed by atoms with Crippen LogP contribution in [0.3, 0.4) is 0 Å². The Morgan fingerprint density at radius 2 is 1.56 bits per heavy atom. The topological polar surface area (TPSA) is 34.1 Å². The summed E-state index contributed by atoms with van der Waals surface area (Å²) in [5.74, 6) is -3.38. The lowest BCUT2D eigenvalue weighted by Crippen LogP contribution is -2.11. The molecule has 0 aromatic heterocycles. The van der Waals surface area contributed by atoms with Gasteiger partial charge in [0.1, 0.15) is 0 Å². The largest absolute Gasteiger partial charge is 0.341 e. The molecular weight excluding hydrogens is 234 g/mol. The summed E-state index contributed by atoms with van der Waals surface area (Å²) < 4.78 is 47.1. The van der Waals surface area contributed by atoms with Crippen LogP contribution in [-0.2, 0) is 9.84 Å². The van der Waals surface area contributed by atoms with Crippen LogP contribution in [0.25, 0.3) is 10.8 Å². The predicted octanol–water partition coefficient (Wildman–Crippen LogP) is 2.84. The number of benzene rings is 2. The molecule has 0 saturated carbocycles. The summed E-state index contributed by atoms with van der Waals surface area (Å²) in [6.45, 7) is 0. The van der Waals surface area contributed by atoms with E-state index < -0.39 is 15.6 Å². The van der Waals surface area contributed by atoms with Crippen molar-refractivity contribution in [2.24, 2.45) is 0 Å². The first-order valence-corrected chi connectivity index (χ1v) is 6.07. The third-order valence-electron chi connectivity index (χ3n) is 2.28. The number of fused-ring (bicyclic) bond motifs is 1. The zero-order valence-corrected chi connectivity index (χ0v) is 8.92. The Bertz CT molecular complexity index is 621. The number of hydrogen-bond acceptors (Lipinski definition) is 2. The maximum atomic E-state index is 12.3. The van der Waals surface area contributed by atoms with E-state index >= 15 is 0 Å². The molecular formula is C11H8F2O2S. The van der Waals surface area contributed by atoms with Gasteiger partial charge in [-0.2, -0.15) is 8.78 Å². The molecule has 2 aromatic carbocycles. The van der Waals surface area contributed by atoms with Crippen LogP contribution in [0.2, 0.25) is 0 Å². The van der Waals surface area contributed by atoms with Gasteiger partial charge in [-0.3, -0.25) is 0 Å². The summed E-state index contributed by atoms with van der Waals surface area (Å²) in [7, 11) is -4.50. The van der Waals surface area contributed by atoms with E-state index in [1.807, 2.05) is 0 Å². The summed E-state index contributed by atoms with van der Waals surface area (Å²) in [4.78, 5) is -0.346. The molecule has 2 rings (SSSR count). The van der Waals surface area contributed by atoms with Crippen molar-refractivity contribution in [3.8, 4) is 0 Å². The van der Waals surface area contributed by atoms with Crippen LogP contribution in [0.4, 0.5) is 8.78 Å². The van der Waals surface area contributed by atoms with Gasteiger partial charge in [-0.25, -0.2) is 8.42 Å². The van der Waals surface area contributed by atoms with E-state index in [1.54, 1.807) is 24.3 Å². The smallest absolute Gasteiger partial charge is 0.218 e. The minimum Gasteiger partial charge on any atom is -0.218 e. The summed E-state index contributed by atoms with van der Waals surface area (Å²) >= 11 is 0. The Morgan fingerprint density at radius 1 is 0.938 bits per heavy atom. The van der Waals surface area contributed by atoms with Crippen LogP contribution in [0.5, 0.6) is 0 Å². The van der Waals surface area contributed by atoms with E-state index in [1.165, 1.54) is 18.2 Å². The highest BCUT2D eigenvalue weighted by molar-refractivity contribution is 7.91. The van der Waals surface area contributed by atoms with Gasteiger partial charge in [0.15, 0.2) is 0 Å². The molecule has 2 nitrogen and oxygen atoms in total. The third-order valence-corrected chi connectivity index (χ3v) is 3.66. The SMILES string of the molecule is O=S(=O)(c1ccc2ccccc2c1)C(F)F. The molecule has 0 fully saturated rings. The van der Waals surface area contributed by atoms with Gasteiger partial charge in [-0.1, -0.05) is 30.3 Å². The van der Waals surface area contributed by atoms with Crippen LogP contribution < -0.4 is 0 Å². The Kier molecular flexibility index (Phi) is 2.63. The molecule has 0 atom stereocenters. The monoisotopic (exact) mass is 242 g/mol. The van der Waals surface area contributed by atoms with Crippen molar-refractivity contribution in [1.29, 1.82) is 0 Å². The maximum absolute atomic E-state index is 12.3. The second-order valence-corrected chi connectivity index (χ2v) is 5.23. The van der Waals surface area contributed by atoms with Crippen LogP contribution >= 0.6 is 0 Å². The Labute approximate surface area is 91.4 Å². The van der Waals surface area contributed by atoms with Gasteiger partial charge < -0.3 is 0 Å². The molecule has 0 aliphatic carbocycles. The van der Waals surface area contributed by atoms with Gasteiger partial charge in [0, 0.05) is 0 Å². The second kappa shape index (κ2) is 3.83.